The van der Waals surface area contributed by atoms with Gasteiger partial charge in [0, 0.05) is 0 Å². The molecular weight excluding hydrogens is 244 g/mol. The molecule has 2 N–H and O–H groups in total. The summed E-state index contributed by atoms with van der Waals surface area (Å²) in [6, 6.07) is 0. The fraction of sp³-hybridized carbons (Fsp3) is 0.545. The molecule has 0 aliphatic carbocycles. The Bertz CT molecular complexity index is 336. The van der Waals surface area contributed by atoms with Crippen molar-refractivity contribution in [2.24, 2.45) is 0 Å². The van der Waals surface area contributed by atoms with Crippen molar-refractivity contribution in [3.8, 4) is 0 Å². The maximum atomic E-state index is 11.2. The minimum absolute atomic E-state index is 0.0510. The Hall–Kier alpha value is -1.89. The molecule has 0 aliphatic heterocycles. The van der Waals surface area contributed by atoms with Crippen molar-refractivity contribution in [1.29, 1.82) is 0 Å². The van der Waals surface area contributed by atoms with Gasteiger partial charge in [0.15, 0.2) is 5.60 Å². The van der Waals surface area contributed by atoms with Gasteiger partial charge in [-0.15, -0.1) is 0 Å². The zero-order valence-electron chi connectivity index (χ0n) is 10.0. The van der Waals surface area contributed by atoms with Crippen molar-refractivity contribution in [2.45, 2.75) is 25.4 Å². The Morgan fingerprint density at radius 1 is 1.22 bits per heavy atom. The Morgan fingerprint density at radius 2 is 1.72 bits per heavy atom. The summed E-state index contributed by atoms with van der Waals surface area (Å²) in [6.45, 7) is 4.79. The molecule has 0 spiro atoms. The Balaban J connectivity index is 4.61. The van der Waals surface area contributed by atoms with E-state index in [0.29, 0.717) is 0 Å². The van der Waals surface area contributed by atoms with E-state index in [1.165, 1.54) is 13.0 Å². The van der Waals surface area contributed by atoms with Gasteiger partial charge in [0.2, 0.25) is 0 Å². The molecule has 0 fully saturated rings. The first-order valence-corrected chi connectivity index (χ1v) is 5.23. The number of carbonyl (C=O) groups excluding carboxylic acids is 2. The molecule has 7 heteroatoms. The van der Waals surface area contributed by atoms with E-state index < -0.39 is 36.4 Å². The van der Waals surface area contributed by atoms with E-state index in [1.807, 2.05) is 0 Å². The molecule has 0 heterocycles. The van der Waals surface area contributed by atoms with Crippen LogP contribution in [-0.4, -0.2) is 46.9 Å². The van der Waals surface area contributed by atoms with Crippen LogP contribution >= 0.6 is 0 Å². The molecule has 0 aliphatic rings. The van der Waals surface area contributed by atoms with Crippen molar-refractivity contribution in [2.75, 3.05) is 13.2 Å². The van der Waals surface area contributed by atoms with Gasteiger partial charge in [-0.3, -0.25) is 9.59 Å². The Morgan fingerprint density at radius 3 is 2.11 bits per heavy atom. The van der Waals surface area contributed by atoms with Crippen LogP contribution in [0, 0.1) is 0 Å². The number of rotatable bonds is 8. The number of esters is 2. The zero-order chi connectivity index (χ0) is 14.2. The van der Waals surface area contributed by atoms with Crippen LogP contribution in [0.15, 0.2) is 12.7 Å². The highest BCUT2D eigenvalue weighted by Crippen LogP contribution is 2.17. The lowest BCUT2D eigenvalue weighted by atomic mass is 9.96. The summed E-state index contributed by atoms with van der Waals surface area (Å²) in [4.78, 5) is 33.2. The van der Waals surface area contributed by atoms with E-state index in [2.05, 4.69) is 16.1 Å². The van der Waals surface area contributed by atoms with Gasteiger partial charge < -0.3 is 19.7 Å². The van der Waals surface area contributed by atoms with Crippen molar-refractivity contribution in [3.05, 3.63) is 12.7 Å². The van der Waals surface area contributed by atoms with E-state index in [0.717, 1.165) is 0 Å². The SMILES string of the molecule is C=CCOC(=O)CC(O)(CC(=O)OCC)C(=O)O. The van der Waals surface area contributed by atoms with E-state index in [1.54, 1.807) is 0 Å². The van der Waals surface area contributed by atoms with Gasteiger partial charge in [-0.2, -0.15) is 0 Å². The molecule has 0 rings (SSSR count). The Kier molecular flexibility index (Phi) is 6.66. The molecule has 0 aromatic heterocycles. The molecule has 1 unspecified atom stereocenters. The molecule has 0 aromatic rings. The molecule has 1 atom stereocenters. The molecule has 0 aromatic carbocycles. The number of hydrogen-bond donors (Lipinski definition) is 2. The van der Waals surface area contributed by atoms with Crippen molar-refractivity contribution in [1.82, 2.24) is 0 Å². The fourth-order valence-corrected chi connectivity index (χ4v) is 1.11. The quantitative estimate of drug-likeness (QED) is 0.462. The van der Waals surface area contributed by atoms with Crippen LogP contribution in [0.3, 0.4) is 0 Å². The highest BCUT2D eigenvalue weighted by atomic mass is 16.5. The van der Waals surface area contributed by atoms with Crippen molar-refractivity contribution >= 4 is 17.9 Å². The molecular formula is C11H16O7. The molecule has 0 amide bonds. The predicted octanol–water partition coefficient (Wildman–Crippen LogP) is -0.125. The topological polar surface area (TPSA) is 110 Å². The van der Waals surface area contributed by atoms with Crippen LogP contribution in [0.2, 0.25) is 0 Å². The van der Waals surface area contributed by atoms with E-state index in [9.17, 15) is 19.5 Å². The van der Waals surface area contributed by atoms with Gasteiger partial charge in [-0.1, -0.05) is 12.7 Å². The van der Waals surface area contributed by atoms with E-state index >= 15 is 0 Å². The first-order chi connectivity index (χ1) is 8.35. The monoisotopic (exact) mass is 260 g/mol. The minimum Gasteiger partial charge on any atom is -0.479 e. The first-order valence-electron chi connectivity index (χ1n) is 5.23. The number of aliphatic hydroxyl groups is 1. The normalized spacial score (nSPS) is 13.2. The molecule has 102 valence electrons. The summed E-state index contributed by atoms with van der Waals surface area (Å²) in [5, 5.41) is 18.6. The van der Waals surface area contributed by atoms with Crippen LogP contribution in [0.1, 0.15) is 19.8 Å². The summed E-state index contributed by atoms with van der Waals surface area (Å²) in [6.07, 6.45) is -0.364. The van der Waals surface area contributed by atoms with E-state index in [4.69, 9.17) is 5.11 Å². The second-order valence-electron chi connectivity index (χ2n) is 3.47. The van der Waals surface area contributed by atoms with Crippen molar-refractivity contribution < 1.29 is 34.1 Å². The minimum atomic E-state index is -2.52. The lowest BCUT2D eigenvalue weighted by Gasteiger charge is -2.21. The standard InChI is InChI=1S/C11H16O7/c1-3-5-18-9(13)7-11(16,10(14)15)6-8(12)17-4-2/h3,16H,1,4-7H2,2H3,(H,14,15). The van der Waals surface area contributed by atoms with Gasteiger partial charge >= 0.3 is 17.9 Å². The summed E-state index contributed by atoms with van der Waals surface area (Å²) >= 11 is 0. The lowest BCUT2D eigenvalue weighted by molar-refractivity contribution is -0.172. The van der Waals surface area contributed by atoms with Crippen LogP contribution < -0.4 is 0 Å². The second kappa shape index (κ2) is 7.44. The molecule has 0 bridgehead atoms. The lowest BCUT2D eigenvalue weighted by Crippen LogP contribution is -2.43. The van der Waals surface area contributed by atoms with Gasteiger partial charge in [-0.05, 0) is 6.92 Å². The smallest absolute Gasteiger partial charge is 0.336 e. The van der Waals surface area contributed by atoms with Crippen LogP contribution in [-0.2, 0) is 23.9 Å². The number of aliphatic carboxylic acids is 1. The third-order valence-corrected chi connectivity index (χ3v) is 1.94. The van der Waals surface area contributed by atoms with Crippen LogP contribution in [0.5, 0.6) is 0 Å². The van der Waals surface area contributed by atoms with Crippen LogP contribution in [0.4, 0.5) is 0 Å². The molecule has 0 radical (unpaired) electrons. The summed E-state index contributed by atoms with van der Waals surface area (Å²) in [5.41, 5.74) is -2.52. The summed E-state index contributed by atoms with van der Waals surface area (Å²) in [5.74, 6) is -3.53. The molecule has 0 saturated carbocycles. The predicted molar refractivity (Wildman–Crippen MR) is 59.6 cm³/mol. The van der Waals surface area contributed by atoms with Crippen molar-refractivity contribution in [3.63, 3.8) is 0 Å². The van der Waals surface area contributed by atoms with Gasteiger partial charge in [0.1, 0.15) is 6.61 Å². The maximum absolute atomic E-state index is 11.2. The number of carboxylic acid groups (broad SMARTS) is 1. The third-order valence-electron chi connectivity index (χ3n) is 1.94. The zero-order valence-corrected chi connectivity index (χ0v) is 10.0. The van der Waals surface area contributed by atoms with Gasteiger partial charge in [0.05, 0.1) is 19.4 Å². The number of carbonyl (C=O) groups is 3. The van der Waals surface area contributed by atoms with Crippen LogP contribution in [0.25, 0.3) is 0 Å². The van der Waals surface area contributed by atoms with Gasteiger partial charge in [0.25, 0.3) is 0 Å². The van der Waals surface area contributed by atoms with Gasteiger partial charge in [-0.25, -0.2) is 4.79 Å². The fourth-order valence-electron chi connectivity index (χ4n) is 1.11. The average molecular weight is 260 g/mol. The highest BCUT2D eigenvalue weighted by Gasteiger charge is 2.41. The molecule has 7 nitrogen and oxygen atoms in total. The number of hydrogen-bond acceptors (Lipinski definition) is 6. The van der Waals surface area contributed by atoms with E-state index in [-0.39, 0.29) is 13.2 Å². The largest absolute Gasteiger partial charge is 0.479 e. The summed E-state index contributed by atoms with van der Waals surface area (Å²) < 4.78 is 9.07. The first kappa shape index (κ1) is 16.1. The molecule has 18 heavy (non-hydrogen) atoms. The molecule has 0 saturated heterocycles. The highest BCUT2D eigenvalue weighted by molar-refractivity contribution is 5.89. The second-order valence-corrected chi connectivity index (χ2v) is 3.47. The third kappa shape index (κ3) is 5.44. The number of carboxylic acids is 1. The Labute approximate surface area is 104 Å². The maximum Gasteiger partial charge on any atom is 0.336 e. The number of ether oxygens (including phenoxy) is 2. The average Bonchev–Trinajstić information content (AvgIpc) is 2.26. The summed E-state index contributed by atoms with van der Waals surface area (Å²) in [7, 11) is 0.